The average molecular weight is 358 g/mol. The third-order valence-corrected chi connectivity index (χ3v) is 4.19. The molecule has 0 atom stereocenters. The first-order valence-corrected chi connectivity index (χ1v) is 8.40. The molecule has 138 valence electrons. The molecule has 0 unspecified atom stereocenters. The monoisotopic (exact) mass is 358 g/mol. The quantitative estimate of drug-likeness (QED) is 0.884. The molecule has 2 amide bonds. The van der Waals surface area contributed by atoms with E-state index in [0.29, 0.717) is 36.2 Å². The van der Waals surface area contributed by atoms with Gasteiger partial charge < -0.3 is 24.4 Å². The van der Waals surface area contributed by atoms with Crippen molar-refractivity contribution < 1.29 is 19.0 Å². The maximum absolute atomic E-state index is 12.5. The molecule has 0 aliphatic carbocycles. The number of ether oxygens (including phenoxy) is 3. The van der Waals surface area contributed by atoms with E-state index in [1.807, 2.05) is 0 Å². The molecule has 1 aliphatic rings. The van der Waals surface area contributed by atoms with Crippen molar-refractivity contribution in [2.24, 2.45) is 0 Å². The number of piperidine rings is 1. The first-order valence-electron chi connectivity index (χ1n) is 8.40. The molecule has 8 heteroatoms. The lowest BCUT2D eigenvalue weighted by atomic mass is 10.1. The molecule has 26 heavy (non-hydrogen) atoms. The highest BCUT2D eigenvalue weighted by molar-refractivity contribution is 5.89. The summed E-state index contributed by atoms with van der Waals surface area (Å²) in [5.41, 5.74) is 0.658. The zero-order chi connectivity index (χ0) is 18.4. The molecule has 0 bridgehead atoms. The third-order valence-electron chi connectivity index (χ3n) is 4.19. The number of carbonyl (C=O) groups is 1. The lowest BCUT2D eigenvalue weighted by Gasteiger charge is -2.31. The van der Waals surface area contributed by atoms with Crippen LogP contribution in [0.2, 0.25) is 0 Å². The Bertz CT molecular complexity index is 733. The van der Waals surface area contributed by atoms with E-state index in [-0.39, 0.29) is 12.1 Å². The summed E-state index contributed by atoms with van der Waals surface area (Å²) in [4.78, 5) is 22.3. The summed E-state index contributed by atoms with van der Waals surface area (Å²) in [7, 11) is 3.13. The summed E-state index contributed by atoms with van der Waals surface area (Å²) in [5.74, 6) is 1.70. The summed E-state index contributed by atoms with van der Waals surface area (Å²) in [6.45, 7) is 1.23. The molecule has 1 saturated heterocycles. The van der Waals surface area contributed by atoms with Crippen LogP contribution in [0.4, 0.5) is 10.5 Å². The van der Waals surface area contributed by atoms with E-state index in [1.165, 1.54) is 0 Å². The molecule has 0 radical (unpaired) electrons. The highest BCUT2D eigenvalue weighted by atomic mass is 16.5. The van der Waals surface area contributed by atoms with Crippen molar-refractivity contribution in [2.75, 3.05) is 32.6 Å². The lowest BCUT2D eigenvalue weighted by Crippen LogP contribution is -2.43. The van der Waals surface area contributed by atoms with E-state index < -0.39 is 0 Å². The van der Waals surface area contributed by atoms with E-state index >= 15 is 0 Å². The molecular weight excluding hydrogens is 336 g/mol. The van der Waals surface area contributed by atoms with Crippen molar-refractivity contribution in [1.82, 2.24) is 14.9 Å². The maximum Gasteiger partial charge on any atom is 0.321 e. The summed E-state index contributed by atoms with van der Waals surface area (Å²) in [5, 5.41) is 2.89. The van der Waals surface area contributed by atoms with Gasteiger partial charge in [0.2, 0.25) is 5.88 Å². The summed E-state index contributed by atoms with van der Waals surface area (Å²) in [6, 6.07) is 5.13. The van der Waals surface area contributed by atoms with E-state index in [9.17, 15) is 4.79 Å². The molecule has 0 spiro atoms. The fraction of sp³-hybridized carbons (Fsp3) is 0.389. The maximum atomic E-state index is 12.5. The largest absolute Gasteiger partial charge is 0.493 e. The van der Waals surface area contributed by atoms with Crippen LogP contribution in [-0.2, 0) is 0 Å². The Labute approximate surface area is 152 Å². The molecule has 2 heterocycles. The molecule has 1 N–H and O–H groups in total. The van der Waals surface area contributed by atoms with Crippen molar-refractivity contribution in [3.63, 3.8) is 0 Å². The first kappa shape index (κ1) is 17.8. The van der Waals surface area contributed by atoms with Gasteiger partial charge in [0.15, 0.2) is 11.5 Å². The van der Waals surface area contributed by atoms with Gasteiger partial charge >= 0.3 is 6.03 Å². The second-order valence-corrected chi connectivity index (χ2v) is 5.85. The molecule has 1 aromatic carbocycles. The number of anilines is 1. The van der Waals surface area contributed by atoms with Crippen LogP contribution in [-0.4, -0.2) is 54.3 Å². The van der Waals surface area contributed by atoms with Crippen molar-refractivity contribution in [3.8, 4) is 17.4 Å². The Hall–Kier alpha value is -3.03. The Morgan fingerprint density at radius 3 is 2.58 bits per heavy atom. The highest BCUT2D eigenvalue weighted by Crippen LogP contribution is 2.30. The Kier molecular flexibility index (Phi) is 5.73. The topological polar surface area (TPSA) is 85.8 Å². The van der Waals surface area contributed by atoms with Crippen LogP contribution in [0.1, 0.15) is 12.8 Å². The fourth-order valence-corrected chi connectivity index (χ4v) is 2.81. The number of methoxy groups -OCH3 is 2. The second-order valence-electron chi connectivity index (χ2n) is 5.85. The van der Waals surface area contributed by atoms with Crippen LogP contribution < -0.4 is 19.5 Å². The van der Waals surface area contributed by atoms with Gasteiger partial charge in [-0.1, -0.05) is 0 Å². The van der Waals surface area contributed by atoms with Gasteiger partial charge in [0.25, 0.3) is 0 Å². The number of likely N-dealkylation sites (tertiary alicyclic amines) is 1. The van der Waals surface area contributed by atoms with E-state index in [0.717, 1.165) is 12.8 Å². The molecule has 1 aromatic heterocycles. The van der Waals surface area contributed by atoms with E-state index in [1.54, 1.807) is 55.9 Å². The minimum Gasteiger partial charge on any atom is -0.493 e. The number of benzene rings is 1. The number of nitrogens with one attached hydrogen (secondary N) is 1. The van der Waals surface area contributed by atoms with E-state index in [2.05, 4.69) is 15.3 Å². The van der Waals surface area contributed by atoms with Crippen LogP contribution in [0.15, 0.2) is 36.8 Å². The molecular formula is C18H22N4O4. The lowest BCUT2D eigenvalue weighted by molar-refractivity contribution is 0.111. The van der Waals surface area contributed by atoms with Crippen LogP contribution in [0, 0.1) is 0 Å². The van der Waals surface area contributed by atoms with Gasteiger partial charge in [0.05, 0.1) is 20.4 Å². The third kappa shape index (κ3) is 4.33. The number of rotatable bonds is 5. The number of hydrogen-bond acceptors (Lipinski definition) is 6. The number of nitrogens with zero attached hydrogens (tertiary/aromatic N) is 3. The van der Waals surface area contributed by atoms with Gasteiger partial charge in [-0.15, -0.1) is 0 Å². The zero-order valence-electron chi connectivity index (χ0n) is 14.8. The molecule has 3 rings (SSSR count). The van der Waals surface area contributed by atoms with Gasteiger partial charge in [-0.25, -0.2) is 9.78 Å². The minimum atomic E-state index is -0.143. The predicted octanol–water partition coefficient (Wildman–Crippen LogP) is 2.57. The van der Waals surface area contributed by atoms with Crippen LogP contribution in [0.5, 0.6) is 17.4 Å². The number of urea groups is 1. The van der Waals surface area contributed by atoms with Crippen molar-refractivity contribution in [3.05, 3.63) is 36.8 Å². The van der Waals surface area contributed by atoms with Gasteiger partial charge in [-0.2, -0.15) is 0 Å². The van der Waals surface area contributed by atoms with Crippen molar-refractivity contribution in [2.45, 2.75) is 18.9 Å². The fourth-order valence-electron chi connectivity index (χ4n) is 2.81. The Balaban J connectivity index is 1.52. The minimum absolute atomic E-state index is 0.0387. The average Bonchev–Trinajstić information content (AvgIpc) is 2.69. The molecule has 8 nitrogen and oxygen atoms in total. The molecule has 0 saturated carbocycles. The van der Waals surface area contributed by atoms with Crippen LogP contribution >= 0.6 is 0 Å². The number of hydrogen-bond donors (Lipinski definition) is 1. The zero-order valence-corrected chi connectivity index (χ0v) is 14.8. The van der Waals surface area contributed by atoms with Crippen LogP contribution in [0.3, 0.4) is 0 Å². The molecule has 1 fully saturated rings. The number of amides is 2. The SMILES string of the molecule is COc1ccc(NC(=O)N2CCC(Oc3cnccn3)CC2)cc1OC. The predicted molar refractivity (Wildman–Crippen MR) is 95.8 cm³/mol. The normalized spacial score (nSPS) is 14.6. The Morgan fingerprint density at radius 1 is 1.15 bits per heavy atom. The highest BCUT2D eigenvalue weighted by Gasteiger charge is 2.24. The standard InChI is InChI=1S/C18H22N4O4/c1-24-15-4-3-13(11-16(15)25-2)21-18(23)22-9-5-14(6-10-22)26-17-12-19-7-8-20-17/h3-4,7-8,11-12,14H,5-6,9-10H2,1-2H3,(H,21,23). The van der Waals surface area contributed by atoms with Gasteiger partial charge in [0, 0.05) is 50.1 Å². The summed E-state index contributed by atoms with van der Waals surface area (Å²) >= 11 is 0. The molecule has 1 aliphatic heterocycles. The number of carbonyl (C=O) groups excluding carboxylic acids is 1. The number of aromatic nitrogens is 2. The van der Waals surface area contributed by atoms with Gasteiger partial charge in [-0.3, -0.25) is 4.98 Å². The van der Waals surface area contributed by atoms with Gasteiger partial charge in [-0.05, 0) is 12.1 Å². The van der Waals surface area contributed by atoms with E-state index in [4.69, 9.17) is 14.2 Å². The van der Waals surface area contributed by atoms with Crippen molar-refractivity contribution in [1.29, 1.82) is 0 Å². The van der Waals surface area contributed by atoms with Gasteiger partial charge in [0.1, 0.15) is 6.10 Å². The smallest absolute Gasteiger partial charge is 0.321 e. The summed E-state index contributed by atoms with van der Waals surface area (Å²) < 4.78 is 16.3. The Morgan fingerprint density at radius 2 is 1.92 bits per heavy atom. The first-order chi connectivity index (χ1) is 12.7. The van der Waals surface area contributed by atoms with Crippen LogP contribution in [0.25, 0.3) is 0 Å². The second kappa shape index (κ2) is 8.37. The molecule has 2 aromatic rings. The van der Waals surface area contributed by atoms with Crippen molar-refractivity contribution >= 4 is 11.7 Å². The summed E-state index contributed by atoms with van der Waals surface area (Å²) in [6.07, 6.45) is 6.33.